The minimum Gasteiger partial charge on any atom is -0.481 e. The van der Waals surface area contributed by atoms with E-state index in [2.05, 4.69) is 0 Å². The van der Waals surface area contributed by atoms with Crippen LogP contribution in [-0.4, -0.2) is 11.1 Å². The van der Waals surface area contributed by atoms with Gasteiger partial charge in [-0.05, 0) is 12.6 Å². The van der Waals surface area contributed by atoms with E-state index >= 15 is 0 Å². The molecule has 0 saturated carbocycles. The molecule has 0 saturated heterocycles. The highest BCUT2D eigenvalue weighted by Crippen LogP contribution is 1.87. The van der Waals surface area contributed by atoms with Crippen molar-refractivity contribution in [2.45, 2.75) is 12.8 Å². The van der Waals surface area contributed by atoms with Gasteiger partial charge in [0.2, 0.25) is 0 Å². The molecule has 0 radical (unpaired) electrons. The van der Waals surface area contributed by atoms with Crippen molar-refractivity contribution in [3.05, 3.63) is 12.3 Å². The molecule has 0 spiro atoms. The van der Waals surface area contributed by atoms with E-state index < -0.39 is 5.97 Å². The van der Waals surface area contributed by atoms with E-state index in [0.29, 0.717) is 6.42 Å². The predicted molar refractivity (Wildman–Crippen MR) is 30.2 cm³/mol. The summed E-state index contributed by atoms with van der Waals surface area (Å²) in [6.45, 7) is 0. The number of rotatable bonds is 3. The topological polar surface area (TPSA) is 63.3 Å². The third-order valence-corrected chi connectivity index (χ3v) is 0.661. The molecule has 0 aliphatic rings. The molecule has 0 amide bonds. The second-order valence-electron chi connectivity index (χ2n) is 1.36. The first-order valence-corrected chi connectivity index (χ1v) is 2.36. The highest BCUT2D eigenvalue weighted by Gasteiger charge is 1.89. The first-order valence-electron chi connectivity index (χ1n) is 2.36. The first kappa shape index (κ1) is 7.01. The van der Waals surface area contributed by atoms with E-state index in [9.17, 15) is 4.79 Å². The number of aliphatic carboxylic acids is 1. The fourth-order valence-corrected chi connectivity index (χ4v) is 0.303. The zero-order valence-electron chi connectivity index (χ0n) is 4.50. The Kier molecular flexibility index (Phi) is 3.66. The number of carbonyl (C=O) groups is 1. The van der Waals surface area contributed by atoms with E-state index in [1.54, 1.807) is 6.08 Å². The van der Waals surface area contributed by atoms with Crippen LogP contribution in [0.4, 0.5) is 0 Å². The highest BCUT2D eigenvalue weighted by atomic mass is 16.4. The molecule has 0 aromatic rings. The SMILES string of the molecule is N/C=C/CCC(=O)O. The van der Waals surface area contributed by atoms with Crippen LogP contribution in [0.25, 0.3) is 0 Å². The average molecular weight is 115 g/mol. The number of carboxylic acids is 1. The molecular weight excluding hydrogens is 106 g/mol. The summed E-state index contributed by atoms with van der Waals surface area (Å²) in [5.41, 5.74) is 4.94. The second-order valence-corrected chi connectivity index (χ2v) is 1.36. The van der Waals surface area contributed by atoms with Gasteiger partial charge in [0.1, 0.15) is 0 Å². The smallest absolute Gasteiger partial charge is 0.303 e. The Morgan fingerprint density at radius 3 is 2.75 bits per heavy atom. The molecule has 0 fully saturated rings. The van der Waals surface area contributed by atoms with Crippen LogP contribution in [0.3, 0.4) is 0 Å². The normalized spacial score (nSPS) is 10.0. The van der Waals surface area contributed by atoms with Gasteiger partial charge in [-0.25, -0.2) is 0 Å². The molecular formula is C5H9NO2. The number of nitrogens with two attached hydrogens (primary N) is 1. The monoisotopic (exact) mass is 115 g/mol. The third-order valence-electron chi connectivity index (χ3n) is 0.661. The summed E-state index contributed by atoms with van der Waals surface area (Å²) in [5, 5.41) is 8.07. The second kappa shape index (κ2) is 4.18. The minimum atomic E-state index is -0.789. The largest absolute Gasteiger partial charge is 0.481 e. The lowest BCUT2D eigenvalue weighted by Crippen LogP contribution is -1.91. The number of allylic oxidation sites excluding steroid dienone is 1. The summed E-state index contributed by atoms with van der Waals surface area (Å²) in [4.78, 5) is 9.80. The van der Waals surface area contributed by atoms with Crippen LogP contribution in [0.15, 0.2) is 12.3 Å². The summed E-state index contributed by atoms with van der Waals surface area (Å²) in [5.74, 6) is -0.789. The maximum atomic E-state index is 9.80. The average Bonchev–Trinajstić information content (AvgIpc) is 1.66. The van der Waals surface area contributed by atoms with Crippen LogP contribution in [0.5, 0.6) is 0 Å². The van der Waals surface area contributed by atoms with Crippen LogP contribution in [-0.2, 0) is 4.79 Å². The van der Waals surface area contributed by atoms with Crippen molar-refractivity contribution in [3.63, 3.8) is 0 Å². The van der Waals surface area contributed by atoms with Gasteiger partial charge in [-0.15, -0.1) is 0 Å². The van der Waals surface area contributed by atoms with E-state index in [4.69, 9.17) is 10.8 Å². The molecule has 3 nitrogen and oxygen atoms in total. The molecule has 0 aromatic heterocycles. The quantitative estimate of drug-likeness (QED) is 0.556. The number of carboxylic acid groups (broad SMARTS) is 1. The molecule has 0 atom stereocenters. The predicted octanol–water partition coefficient (Wildman–Crippen LogP) is 0.324. The first-order chi connectivity index (χ1) is 3.77. The molecule has 0 bridgehead atoms. The van der Waals surface area contributed by atoms with Crippen LogP contribution >= 0.6 is 0 Å². The Morgan fingerprint density at radius 2 is 2.38 bits per heavy atom. The summed E-state index contributed by atoms with van der Waals surface area (Å²) < 4.78 is 0. The Balaban J connectivity index is 3.05. The number of hydrogen-bond acceptors (Lipinski definition) is 2. The summed E-state index contributed by atoms with van der Waals surface area (Å²) in [6.07, 6.45) is 3.65. The van der Waals surface area contributed by atoms with Crippen molar-refractivity contribution in [2.75, 3.05) is 0 Å². The maximum Gasteiger partial charge on any atom is 0.303 e. The van der Waals surface area contributed by atoms with Gasteiger partial charge in [-0.2, -0.15) is 0 Å². The lowest BCUT2D eigenvalue weighted by atomic mass is 10.3. The van der Waals surface area contributed by atoms with Gasteiger partial charge >= 0.3 is 5.97 Å². The van der Waals surface area contributed by atoms with Crippen molar-refractivity contribution < 1.29 is 9.90 Å². The van der Waals surface area contributed by atoms with Gasteiger partial charge in [0, 0.05) is 6.42 Å². The van der Waals surface area contributed by atoms with Crippen molar-refractivity contribution in [3.8, 4) is 0 Å². The lowest BCUT2D eigenvalue weighted by Gasteiger charge is -1.83. The minimum absolute atomic E-state index is 0.160. The van der Waals surface area contributed by atoms with E-state index in [-0.39, 0.29) is 6.42 Å². The van der Waals surface area contributed by atoms with Gasteiger partial charge in [0.15, 0.2) is 0 Å². The highest BCUT2D eigenvalue weighted by molar-refractivity contribution is 5.66. The maximum absolute atomic E-state index is 9.80. The van der Waals surface area contributed by atoms with Crippen LogP contribution in [0.1, 0.15) is 12.8 Å². The lowest BCUT2D eigenvalue weighted by molar-refractivity contribution is -0.136. The molecule has 0 rings (SSSR count). The third kappa shape index (κ3) is 5.01. The van der Waals surface area contributed by atoms with Gasteiger partial charge in [-0.3, -0.25) is 4.79 Å². The molecule has 0 aliphatic carbocycles. The van der Waals surface area contributed by atoms with E-state index in [0.717, 1.165) is 0 Å². The van der Waals surface area contributed by atoms with Crippen LogP contribution in [0, 0.1) is 0 Å². The van der Waals surface area contributed by atoms with Crippen molar-refractivity contribution >= 4 is 5.97 Å². The summed E-state index contributed by atoms with van der Waals surface area (Å²) in [7, 11) is 0. The Bertz CT molecular complexity index is 98.6. The Hall–Kier alpha value is -0.990. The van der Waals surface area contributed by atoms with Crippen molar-refractivity contribution in [1.29, 1.82) is 0 Å². The van der Waals surface area contributed by atoms with Crippen LogP contribution in [0.2, 0.25) is 0 Å². The molecule has 8 heavy (non-hydrogen) atoms. The van der Waals surface area contributed by atoms with Crippen molar-refractivity contribution in [1.82, 2.24) is 0 Å². The van der Waals surface area contributed by atoms with Gasteiger partial charge in [0.05, 0.1) is 0 Å². The van der Waals surface area contributed by atoms with Gasteiger partial charge < -0.3 is 10.8 Å². The zero-order valence-corrected chi connectivity index (χ0v) is 4.50. The molecule has 0 aliphatic heterocycles. The van der Waals surface area contributed by atoms with Gasteiger partial charge in [-0.1, -0.05) is 6.08 Å². The van der Waals surface area contributed by atoms with Crippen LogP contribution < -0.4 is 5.73 Å². The molecule has 46 valence electrons. The fraction of sp³-hybridized carbons (Fsp3) is 0.400. The molecule has 0 unspecified atom stereocenters. The zero-order chi connectivity index (χ0) is 6.41. The van der Waals surface area contributed by atoms with Gasteiger partial charge in [0.25, 0.3) is 0 Å². The Labute approximate surface area is 47.8 Å². The number of hydrogen-bond donors (Lipinski definition) is 2. The van der Waals surface area contributed by atoms with E-state index in [1.165, 1.54) is 6.20 Å². The van der Waals surface area contributed by atoms with Crippen molar-refractivity contribution in [2.24, 2.45) is 5.73 Å². The molecule has 0 aromatic carbocycles. The summed E-state index contributed by atoms with van der Waals surface area (Å²) in [6, 6.07) is 0. The van der Waals surface area contributed by atoms with E-state index in [1.807, 2.05) is 0 Å². The molecule has 3 heteroatoms. The fourth-order valence-electron chi connectivity index (χ4n) is 0.303. The Morgan fingerprint density at radius 1 is 1.75 bits per heavy atom. The standard InChI is InChI=1S/C5H9NO2/c6-4-2-1-3-5(7)8/h2,4H,1,3,6H2,(H,7,8)/b4-2+. The molecule has 0 heterocycles. The summed E-state index contributed by atoms with van der Waals surface area (Å²) >= 11 is 0. The molecule has 3 N–H and O–H groups in total.